The van der Waals surface area contributed by atoms with Crippen LogP contribution in [0.4, 0.5) is 18.9 Å². The van der Waals surface area contributed by atoms with Gasteiger partial charge in [-0.15, -0.1) is 0 Å². The number of rotatable bonds is 10. The number of aromatic nitrogens is 2. The van der Waals surface area contributed by atoms with Crippen LogP contribution in [0.3, 0.4) is 0 Å². The largest absolute Gasteiger partial charge is 0.465 e. The number of sulfonamides is 1. The van der Waals surface area contributed by atoms with E-state index in [2.05, 4.69) is 0 Å². The summed E-state index contributed by atoms with van der Waals surface area (Å²) in [6, 6.07) is 25.7. The van der Waals surface area contributed by atoms with Crippen LogP contribution in [0.25, 0.3) is 34.5 Å². The normalized spacial score (nSPS) is 12.0. The third-order valence-electron chi connectivity index (χ3n) is 6.90. The summed E-state index contributed by atoms with van der Waals surface area (Å²) in [6.07, 6.45) is 0.743. The smallest absolute Gasteiger partial charge is 0.404 e. The molecule has 0 saturated heterocycles. The highest BCUT2D eigenvalue weighted by molar-refractivity contribution is 7.92. The molecule has 0 spiro atoms. The number of esters is 1. The van der Waals surface area contributed by atoms with Crippen molar-refractivity contribution in [1.82, 2.24) is 9.55 Å². The van der Waals surface area contributed by atoms with Gasteiger partial charge in [-0.2, -0.15) is 13.2 Å². The van der Waals surface area contributed by atoms with E-state index in [9.17, 15) is 26.4 Å². The Kier molecular flexibility index (Phi) is 10.1. The lowest BCUT2D eigenvalue weighted by atomic mass is 10.0. The fourth-order valence-corrected chi connectivity index (χ4v) is 6.22. The fraction of sp³-hybridized carbons (Fsp3) is 0.118. The summed E-state index contributed by atoms with van der Waals surface area (Å²) in [5.41, 5.74) is 4.91. The number of hydrogen-bond acceptors (Lipinski definition) is 5. The molecule has 0 aliphatic rings. The molecule has 0 amide bonds. The lowest BCUT2D eigenvalue weighted by Gasteiger charge is -2.11. The number of anilines is 1. The van der Waals surface area contributed by atoms with Crippen LogP contribution in [-0.2, 0) is 21.3 Å². The number of ether oxygens (including phenoxy) is 1. The quantitative estimate of drug-likeness (QED) is 0.147. The Morgan fingerprint density at radius 3 is 2.32 bits per heavy atom. The number of nitrogens with zero attached hydrogens (tertiary/aromatic N) is 2. The van der Waals surface area contributed by atoms with Crippen molar-refractivity contribution in [1.29, 1.82) is 0 Å². The van der Waals surface area contributed by atoms with Crippen LogP contribution >= 0.6 is 23.2 Å². The SMILES string of the molecule is COC(=O)c1ccc(Cn2cc(-c3ccc(Cl)cc3Cl)nc2/C=C/c2ccc(-c3cccc(NS(=O)(=O)CC(F)(F)F)c3)cc2)cc1. The van der Waals surface area contributed by atoms with Crippen molar-refractivity contribution < 1.29 is 31.1 Å². The monoisotopic (exact) mass is 699 g/mol. The molecular formula is C34H26Cl2F3N3O4S. The number of nitrogens with one attached hydrogen (secondary N) is 1. The lowest BCUT2D eigenvalue weighted by Crippen LogP contribution is -2.27. The summed E-state index contributed by atoms with van der Waals surface area (Å²) >= 11 is 12.6. The van der Waals surface area contributed by atoms with Crippen LogP contribution in [0.5, 0.6) is 0 Å². The van der Waals surface area contributed by atoms with Gasteiger partial charge in [-0.3, -0.25) is 4.72 Å². The van der Waals surface area contributed by atoms with Crippen LogP contribution in [0.2, 0.25) is 10.0 Å². The van der Waals surface area contributed by atoms with Gasteiger partial charge in [-0.05, 0) is 70.8 Å². The molecule has 1 aromatic heterocycles. The Morgan fingerprint density at radius 2 is 1.66 bits per heavy atom. The van der Waals surface area contributed by atoms with E-state index in [1.165, 1.54) is 19.2 Å². The third kappa shape index (κ3) is 9.03. The van der Waals surface area contributed by atoms with Gasteiger partial charge in [-0.25, -0.2) is 18.2 Å². The topological polar surface area (TPSA) is 90.3 Å². The molecule has 0 saturated carbocycles. The maximum Gasteiger partial charge on any atom is 0.404 e. The van der Waals surface area contributed by atoms with Gasteiger partial charge in [-0.1, -0.05) is 77.8 Å². The van der Waals surface area contributed by atoms with Crippen molar-refractivity contribution in [2.75, 3.05) is 17.6 Å². The first kappa shape index (κ1) is 33.8. The second-order valence-electron chi connectivity index (χ2n) is 10.4. The minimum absolute atomic E-state index is 0.0269. The predicted molar refractivity (Wildman–Crippen MR) is 179 cm³/mol. The summed E-state index contributed by atoms with van der Waals surface area (Å²) < 4.78 is 70.4. The van der Waals surface area contributed by atoms with E-state index in [-0.39, 0.29) is 5.69 Å². The van der Waals surface area contributed by atoms with Gasteiger partial charge < -0.3 is 9.30 Å². The van der Waals surface area contributed by atoms with Crippen molar-refractivity contribution in [3.63, 3.8) is 0 Å². The molecule has 5 rings (SSSR count). The number of halogens is 5. The molecule has 0 bridgehead atoms. The number of alkyl halides is 3. The van der Waals surface area contributed by atoms with Crippen LogP contribution in [0.15, 0.2) is 97.2 Å². The van der Waals surface area contributed by atoms with E-state index in [0.29, 0.717) is 44.8 Å². The molecule has 1 N–H and O–H groups in total. The Bertz CT molecular complexity index is 2040. The molecule has 47 heavy (non-hydrogen) atoms. The van der Waals surface area contributed by atoms with Crippen molar-refractivity contribution in [2.45, 2.75) is 12.7 Å². The van der Waals surface area contributed by atoms with E-state index in [4.69, 9.17) is 32.9 Å². The van der Waals surface area contributed by atoms with Crippen LogP contribution in [0, 0.1) is 0 Å². The zero-order valence-corrected chi connectivity index (χ0v) is 27.0. The van der Waals surface area contributed by atoms with Crippen molar-refractivity contribution in [2.24, 2.45) is 0 Å². The second-order valence-corrected chi connectivity index (χ2v) is 13.0. The molecule has 0 aliphatic carbocycles. The molecule has 5 aromatic rings. The highest BCUT2D eigenvalue weighted by atomic mass is 35.5. The number of methoxy groups -OCH3 is 1. The molecule has 0 fully saturated rings. The standard InChI is InChI=1S/C34H26Cl2F3N3O4S/c1-46-33(43)25-12-7-23(8-13-25)19-42-20-31(29-15-14-27(35)18-30(29)36)40-32(42)16-9-22-5-10-24(11-6-22)26-3-2-4-28(17-26)41-47(44,45)21-34(37,38)39/h2-18,20,41H,19,21H2,1H3/b16-9+. The molecule has 1 heterocycles. The minimum atomic E-state index is -4.86. The summed E-state index contributed by atoms with van der Waals surface area (Å²) in [5, 5.41) is 0.954. The number of hydrogen-bond donors (Lipinski definition) is 1. The maximum atomic E-state index is 12.6. The number of carbonyl (C=O) groups excluding carboxylic acids is 1. The number of benzene rings is 4. The molecule has 4 aromatic carbocycles. The molecule has 0 radical (unpaired) electrons. The first-order chi connectivity index (χ1) is 22.3. The Labute approximate surface area is 279 Å². The zero-order chi connectivity index (χ0) is 33.8. The van der Waals surface area contributed by atoms with Gasteiger partial charge in [0.05, 0.1) is 23.4 Å². The molecular weight excluding hydrogens is 674 g/mol. The molecule has 0 atom stereocenters. The van der Waals surface area contributed by atoms with Gasteiger partial charge >= 0.3 is 12.1 Å². The first-order valence-corrected chi connectivity index (χ1v) is 16.3. The van der Waals surface area contributed by atoms with Crippen molar-refractivity contribution >= 4 is 57.0 Å². The van der Waals surface area contributed by atoms with Crippen molar-refractivity contribution in [3.8, 4) is 22.4 Å². The van der Waals surface area contributed by atoms with Crippen LogP contribution < -0.4 is 4.72 Å². The first-order valence-electron chi connectivity index (χ1n) is 13.9. The highest BCUT2D eigenvalue weighted by Crippen LogP contribution is 2.31. The molecule has 0 aliphatic heterocycles. The van der Waals surface area contributed by atoms with Crippen LogP contribution in [-0.4, -0.2) is 43.0 Å². The predicted octanol–water partition coefficient (Wildman–Crippen LogP) is 8.83. The van der Waals surface area contributed by atoms with Gasteiger partial charge in [0.15, 0.2) is 5.75 Å². The summed E-state index contributed by atoms with van der Waals surface area (Å²) in [7, 11) is -3.28. The van der Waals surface area contributed by atoms with Gasteiger partial charge in [0.2, 0.25) is 10.0 Å². The highest BCUT2D eigenvalue weighted by Gasteiger charge is 2.35. The molecule has 13 heteroatoms. The van der Waals surface area contributed by atoms with Crippen molar-refractivity contribution in [3.05, 3.63) is 130 Å². The lowest BCUT2D eigenvalue weighted by molar-refractivity contribution is -0.106. The number of imidazole rings is 1. The minimum Gasteiger partial charge on any atom is -0.465 e. The van der Waals surface area contributed by atoms with Gasteiger partial charge in [0, 0.05) is 29.0 Å². The van der Waals surface area contributed by atoms with E-state index in [1.54, 1.807) is 42.5 Å². The third-order valence-corrected chi connectivity index (χ3v) is 8.70. The van der Waals surface area contributed by atoms with Crippen LogP contribution in [0.1, 0.15) is 27.3 Å². The molecule has 0 unspecified atom stereocenters. The Morgan fingerprint density at radius 1 is 0.936 bits per heavy atom. The number of carbonyl (C=O) groups is 1. The zero-order valence-electron chi connectivity index (χ0n) is 24.6. The molecule has 242 valence electrons. The van der Waals surface area contributed by atoms with Gasteiger partial charge in [0.25, 0.3) is 0 Å². The fourth-order valence-electron chi connectivity index (χ4n) is 4.73. The Hall–Kier alpha value is -4.58. The second kappa shape index (κ2) is 14.0. The van der Waals surface area contributed by atoms with E-state index in [1.807, 2.05) is 64.0 Å². The maximum absolute atomic E-state index is 12.6. The average molecular weight is 701 g/mol. The van der Waals surface area contributed by atoms with E-state index in [0.717, 1.165) is 16.7 Å². The van der Waals surface area contributed by atoms with E-state index >= 15 is 0 Å². The van der Waals surface area contributed by atoms with Gasteiger partial charge in [0.1, 0.15) is 5.82 Å². The summed E-state index contributed by atoms with van der Waals surface area (Å²) in [4.78, 5) is 16.7. The summed E-state index contributed by atoms with van der Waals surface area (Å²) in [5.74, 6) is -1.77. The van der Waals surface area contributed by atoms with E-state index < -0.39 is 27.9 Å². The average Bonchev–Trinajstić information content (AvgIpc) is 3.40. The molecule has 7 nitrogen and oxygen atoms in total. The Balaban J connectivity index is 1.39. The summed E-state index contributed by atoms with van der Waals surface area (Å²) in [6.45, 7) is 0.446.